The summed E-state index contributed by atoms with van der Waals surface area (Å²) < 4.78 is 6.53. The zero-order valence-electron chi connectivity index (χ0n) is 13.4. The number of aromatic amines is 1. The molecule has 3 rings (SSSR count). The van der Waals surface area contributed by atoms with E-state index in [1.807, 2.05) is 18.2 Å². The summed E-state index contributed by atoms with van der Waals surface area (Å²) >= 11 is 0. The van der Waals surface area contributed by atoms with E-state index in [9.17, 15) is 9.59 Å². The second-order valence-electron chi connectivity index (χ2n) is 5.64. The largest absolute Gasteiger partial charge is 0.337 e. The number of hydrogen-bond donors (Lipinski definition) is 1. The van der Waals surface area contributed by atoms with Gasteiger partial charge >= 0.3 is 5.69 Å². The average Bonchev–Trinajstić information content (AvgIpc) is 3.01. The van der Waals surface area contributed by atoms with Crippen molar-refractivity contribution in [1.82, 2.24) is 19.7 Å². The Morgan fingerprint density at radius 2 is 1.96 bits per heavy atom. The first kappa shape index (κ1) is 15.9. The van der Waals surface area contributed by atoms with Crippen molar-refractivity contribution in [1.29, 1.82) is 0 Å². The fraction of sp³-hybridized carbons (Fsp3) is 0.294. The second-order valence-corrected chi connectivity index (χ2v) is 5.64. The minimum Gasteiger partial charge on any atom is -0.337 e. The van der Waals surface area contributed by atoms with E-state index in [0.717, 1.165) is 12.8 Å². The van der Waals surface area contributed by atoms with Crippen molar-refractivity contribution in [2.75, 3.05) is 0 Å². The summed E-state index contributed by atoms with van der Waals surface area (Å²) in [5, 5.41) is 3.94. The van der Waals surface area contributed by atoms with Crippen molar-refractivity contribution >= 4 is 0 Å². The Bertz CT molecular complexity index is 925. The molecule has 24 heavy (non-hydrogen) atoms. The van der Waals surface area contributed by atoms with Gasteiger partial charge in [0.2, 0.25) is 5.89 Å². The third kappa shape index (κ3) is 3.87. The van der Waals surface area contributed by atoms with E-state index in [1.165, 1.54) is 16.3 Å². The predicted molar refractivity (Wildman–Crippen MR) is 87.9 cm³/mol. The van der Waals surface area contributed by atoms with E-state index in [4.69, 9.17) is 4.52 Å². The minimum atomic E-state index is -0.491. The molecule has 0 aliphatic rings. The topological polar surface area (TPSA) is 93.8 Å². The smallest absolute Gasteiger partial charge is 0.328 e. The van der Waals surface area contributed by atoms with E-state index in [2.05, 4.69) is 27.3 Å². The fourth-order valence-corrected chi connectivity index (χ4v) is 2.43. The van der Waals surface area contributed by atoms with Crippen LogP contribution in [0.3, 0.4) is 0 Å². The molecule has 2 aromatic heterocycles. The highest BCUT2D eigenvalue weighted by Gasteiger charge is 2.09. The second kappa shape index (κ2) is 7.08. The standard InChI is InChI=1S/C17H18N4O3/c1-12-10-21(17(23)19-16(12)22)11-15-18-14(20-24-15)9-5-8-13-6-3-2-4-7-13/h2-4,6-7,10H,5,8-9,11H2,1H3,(H,19,22,23). The maximum Gasteiger partial charge on any atom is 0.328 e. The lowest BCUT2D eigenvalue weighted by Crippen LogP contribution is -2.31. The van der Waals surface area contributed by atoms with Crippen LogP contribution in [0.2, 0.25) is 0 Å². The molecule has 1 N–H and O–H groups in total. The zero-order valence-corrected chi connectivity index (χ0v) is 13.4. The molecule has 1 aromatic carbocycles. The van der Waals surface area contributed by atoms with Crippen LogP contribution in [0, 0.1) is 6.92 Å². The van der Waals surface area contributed by atoms with E-state index in [0.29, 0.717) is 23.7 Å². The van der Waals surface area contributed by atoms with Crippen LogP contribution in [0.15, 0.2) is 50.6 Å². The van der Waals surface area contributed by atoms with Crippen LogP contribution in [-0.4, -0.2) is 19.7 Å². The van der Waals surface area contributed by atoms with Gasteiger partial charge in [0, 0.05) is 18.2 Å². The van der Waals surface area contributed by atoms with E-state index in [1.54, 1.807) is 6.92 Å². The summed E-state index contributed by atoms with van der Waals surface area (Å²) in [5.41, 5.74) is 0.853. The summed E-state index contributed by atoms with van der Waals surface area (Å²) in [5.74, 6) is 0.966. The van der Waals surface area contributed by atoms with Crippen molar-refractivity contribution < 1.29 is 4.52 Å². The number of nitrogens with one attached hydrogen (secondary N) is 1. The Labute approximate surface area is 138 Å². The third-order valence-electron chi connectivity index (χ3n) is 3.71. The molecule has 0 saturated carbocycles. The SMILES string of the molecule is Cc1cn(Cc2nc(CCCc3ccccc3)no2)c(=O)[nH]c1=O. The monoisotopic (exact) mass is 326 g/mol. The highest BCUT2D eigenvalue weighted by Crippen LogP contribution is 2.07. The van der Waals surface area contributed by atoms with Crippen LogP contribution in [-0.2, 0) is 19.4 Å². The lowest BCUT2D eigenvalue weighted by Gasteiger charge is -2.01. The minimum absolute atomic E-state index is 0.141. The Morgan fingerprint density at radius 3 is 2.75 bits per heavy atom. The van der Waals surface area contributed by atoms with Crippen LogP contribution >= 0.6 is 0 Å². The molecule has 7 nitrogen and oxygen atoms in total. The maximum absolute atomic E-state index is 11.7. The summed E-state index contributed by atoms with van der Waals surface area (Å²) in [6, 6.07) is 10.2. The molecule has 0 atom stereocenters. The van der Waals surface area contributed by atoms with Gasteiger partial charge in [0.25, 0.3) is 5.56 Å². The molecule has 0 unspecified atom stereocenters. The number of aryl methyl sites for hydroxylation is 3. The van der Waals surface area contributed by atoms with Gasteiger partial charge in [0.1, 0.15) is 6.54 Å². The molecule has 0 spiro atoms. The Balaban J connectivity index is 1.60. The number of hydrogen-bond acceptors (Lipinski definition) is 5. The normalized spacial score (nSPS) is 10.9. The van der Waals surface area contributed by atoms with Crippen molar-refractivity contribution in [3.05, 3.63) is 80.2 Å². The highest BCUT2D eigenvalue weighted by molar-refractivity contribution is 5.14. The molecule has 0 bridgehead atoms. The summed E-state index contributed by atoms with van der Waals surface area (Å²) in [7, 11) is 0. The van der Waals surface area contributed by atoms with Crippen molar-refractivity contribution in [3.8, 4) is 0 Å². The lowest BCUT2D eigenvalue weighted by atomic mass is 10.1. The number of H-pyrrole nitrogens is 1. The molecule has 0 amide bonds. The van der Waals surface area contributed by atoms with Gasteiger partial charge in [-0.05, 0) is 25.3 Å². The number of nitrogens with zero attached hydrogens (tertiary/aromatic N) is 3. The van der Waals surface area contributed by atoms with Crippen LogP contribution in [0.4, 0.5) is 0 Å². The molecule has 0 fully saturated rings. The predicted octanol–water partition coefficient (Wildman–Crippen LogP) is 1.45. The summed E-state index contributed by atoms with van der Waals surface area (Å²) in [4.78, 5) is 29.7. The highest BCUT2D eigenvalue weighted by atomic mass is 16.5. The van der Waals surface area contributed by atoms with Crippen LogP contribution < -0.4 is 11.2 Å². The van der Waals surface area contributed by atoms with Crippen molar-refractivity contribution in [2.45, 2.75) is 32.7 Å². The van der Waals surface area contributed by atoms with Gasteiger partial charge in [-0.25, -0.2) is 4.79 Å². The van der Waals surface area contributed by atoms with Crippen molar-refractivity contribution in [3.63, 3.8) is 0 Å². The fourth-order valence-electron chi connectivity index (χ4n) is 2.43. The first-order chi connectivity index (χ1) is 11.6. The molecule has 3 aromatic rings. The van der Waals surface area contributed by atoms with Gasteiger partial charge in [0.15, 0.2) is 5.82 Å². The van der Waals surface area contributed by atoms with Gasteiger partial charge in [-0.1, -0.05) is 35.5 Å². The Kier molecular flexibility index (Phi) is 4.69. The van der Waals surface area contributed by atoms with E-state index < -0.39 is 5.69 Å². The first-order valence-electron chi connectivity index (χ1n) is 7.77. The molecular weight excluding hydrogens is 308 g/mol. The Hall–Kier alpha value is -2.96. The van der Waals surface area contributed by atoms with Gasteiger partial charge in [-0.15, -0.1) is 0 Å². The zero-order chi connectivity index (χ0) is 16.9. The molecule has 0 saturated heterocycles. The van der Waals surface area contributed by atoms with Gasteiger partial charge in [-0.2, -0.15) is 4.98 Å². The van der Waals surface area contributed by atoms with Gasteiger partial charge in [-0.3, -0.25) is 14.3 Å². The van der Waals surface area contributed by atoms with Crippen molar-refractivity contribution in [2.24, 2.45) is 0 Å². The molecule has 7 heteroatoms. The molecular formula is C17H18N4O3. The third-order valence-corrected chi connectivity index (χ3v) is 3.71. The lowest BCUT2D eigenvalue weighted by molar-refractivity contribution is 0.363. The first-order valence-corrected chi connectivity index (χ1v) is 7.77. The number of benzene rings is 1. The van der Waals surface area contributed by atoms with Crippen LogP contribution in [0.25, 0.3) is 0 Å². The number of aromatic nitrogens is 4. The summed E-state index contributed by atoms with van der Waals surface area (Å²) in [6.45, 7) is 1.78. The maximum atomic E-state index is 11.7. The number of rotatable bonds is 6. The molecule has 0 aliphatic carbocycles. The summed E-state index contributed by atoms with van der Waals surface area (Å²) in [6.07, 6.45) is 4.06. The quantitative estimate of drug-likeness (QED) is 0.740. The van der Waals surface area contributed by atoms with Gasteiger partial charge < -0.3 is 4.52 Å². The Morgan fingerprint density at radius 1 is 1.17 bits per heavy atom. The van der Waals surface area contributed by atoms with Gasteiger partial charge in [0.05, 0.1) is 0 Å². The molecule has 0 radical (unpaired) electrons. The van der Waals surface area contributed by atoms with E-state index >= 15 is 0 Å². The van der Waals surface area contributed by atoms with Crippen LogP contribution in [0.1, 0.15) is 29.3 Å². The van der Waals surface area contributed by atoms with E-state index in [-0.39, 0.29) is 12.1 Å². The molecule has 0 aliphatic heterocycles. The van der Waals surface area contributed by atoms with Crippen LogP contribution in [0.5, 0.6) is 0 Å². The molecule has 2 heterocycles. The average molecular weight is 326 g/mol. The molecule has 124 valence electrons.